The standard InChI is InChI=1S/C13H20N2O3/c1-3-17-8-10(2)18-9-11-4-6-12(7-5-11)13(14)15-16/h4-7,10,16H,3,8-9H2,1-2H3,(H2,14,15). The average Bonchev–Trinajstić information content (AvgIpc) is 2.42. The van der Waals surface area contributed by atoms with Crippen LogP contribution < -0.4 is 5.73 Å². The van der Waals surface area contributed by atoms with Gasteiger partial charge >= 0.3 is 0 Å². The van der Waals surface area contributed by atoms with Gasteiger partial charge in [-0.1, -0.05) is 29.4 Å². The lowest BCUT2D eigenvalue weighted by Gasteiger charge is -2.13. The smallest absolute Gasteiger partial charge is 0.170 e. The predicted octanol–water partition coefficient (Wildman–Crippen LogP) is 1.72. The molecule has 0 aromatic heterocycles. The van der Waals surface area contributed by atoms with E-state index in [1.54, 1.807) is 12.1 Å². The summed E-state index contributed by atoms with van der Waals surface area (Å²) in [6.07, 6.45) is 0.0636. The number of hydrogen-bond donors (Lipinski definition) is 2. The van der Waals surface area contributed by atoms with Crippen LogP contribution in [0, 0.1) is 0 Å². The highest BCUT2D eigenvalue weighted by molar-refractivity contribution is 5.96. The van der Waals surface area contributed by atoms with Crippen molar-refractivity contribution in [2.24, 2.45) is 10.9 Å². The molecular formula is C13H20N2O3. The zero-order valence-electron chi connectivity index (χ0n) is 10.8. The van der Waals surface area contributed by atoms with Crippen LogP contribution >= 0.6 is 0 Å². The third kappa shape index (κ3) is 4.73. The summed E-state index contributed by atoms with van der Waals surface area (Å²) in [5.74, 6) is 0.104. The molecule has 3 N–H and O–H groups in total. The van der Waals surface area contributed by atoms with Gasteiger partial charge < -0.3 is 20.4 Å². The first-order chi connectivity index (χ1) is 8.67. The highest BCUT2D eigenvalue weighted by Gasteiger charge is 2.03. The SMILES string of the molecule is CCOCC(C)OCc1ccc(/C(N)=N/O)cc1. The molecule has 0 aliphatic rings. The number of benzene rings is 1. The zero-order chi connectivity index (χ0) is 13.4. The van der Waals surface area contributed by atoms with Crippen molar-refractivity contribution in [2.45, 2.75) is 26.6 Å². The minimum absolute atomic E-state index is 0.0636. The Bertz CT molecular complexity index is 376. The Labute approximate surface area is 107 Å². The number of ether oxygens (including phenoxy) is 2. The highest BCUT2D eigenvalue weighted by Crippen LogP contribution is 2.07. The van der Waals surface area contributed by atoms with E-state index in [4.69, 9.17) is 20.4 Å². The van der Waals surface area contributed by atoms with Crippen LogP contribution in [-0.2, 0) is 16.1 Å². The fraction of sp³-hybridized carbons (Fsp3) is 0.462. The number of nitrogens with two attached hydrogens (primary N) is 1. The number of oxime groups is 1. The Kier molecular flexibility index (Phi) is 6.18. The third-order valence-electron chi connectivity index (χ3n) is 2.45. The largest absolute Gasteiger partial charge is 0.409 e. The van der Waals surface area contributed by atoms with Gasteiger partial charge in [-0.25, -0.2) is 0 Å². The Morgan fingerprint density at radius 3 is 2.61 bits per heavy atom. The van der Waals surface area contributed by atoms with Crippen LogP contribution in [0.5, 0.6) is 0 Å². The maximum Gasteiger partial charge on any atom is 0.170 e. The molecule has 0 saturated carbocycles. The molecule has 1 unspecified atom stereocenters. The van der Waals surface area contributed by atoms with Crippen LogP contribution in [0.3, 0.4) is 0 Å². The Morgan fingerprint density at radius 2 is 2.06 bits per heavy atom. The van der Waals surface area contributed by atoms with E-state index >= 15 is 0 Å². The quantitative estimate of drug-likeness (QED) is 0.335. The lowest BCUT2D eigenvalue weighted by atomic mass is 10.1. The van der Waals surface area contributed by atoms with Gasteiger partial charge in [0.1, 0.15) is 0 Å². The minimum Gasteiger partial charge on any atom is -0.409 e. The monoisotopic (exact) mass is 252 g/mol. The molecule has 0 aliphatic heterocycles. The second-order valence-corrected chi connectivity index (χ2v) is 3.96. The maximum absolute atomic E-state index is 8.54. The molecular weight excluding hydrogens is 232 g/mol. The van der Waals surface area contributed by atoms with E-state index in [9.17, 15) is 0 Å². The molecule has 0 aliphatic carbocycles. The topological polar surface area (TPSA) is 77.1 Å². The van der Waals surface area contributed by atoms with Crippen molar-refractivity contribution >= 4 is 5.84 Å². The van der Waals surface area contributed by atoms with Gasteiger partial charge in [0.2, 0.25) is 0 Å². The van der Waals surface area contributed by atoms with Gasteiger partial charge in [-0.05, 0) is 19.4 Å². The van der Waals surface area contributed by atoms with E-state index in [0.717, 1.165) is 5.56 Å². The molecule has 18 heavy (non-hydrogen) atoms. The van der Waals surface area contributed by atoms with E-state index in [1.165, 1.54) is 0 Å². The highest BCUT2D eigenvalue weighted by atomic mass is 16.5. The first-order valence-corrected chi connectivity index (χ1v) is 5.93. The summed E-state index contributed by atoms with van der Waals surface area (Å²) in [4.78, 5) is 0. The van der Waals surface area contributed by atoms with Crippen LogP contribution in [0.15, 0.2) is 29.4 Å². The van der Waals surface area contributed by atoms with Crippen LogP contribution in [0.1, 0.15) is 25.0 Å². The summed E-state index contributed by atoms with van der Waals surface area (Å²) in [6, 6.07) is 7.36. The van der Waals surface area contributed by atoms with Gasteiger partial charge in [0.15, 0.2) is 5.84 Å². The molecule has 0 saturated heterocycles. The van der Waals surface area contributed by atoms with Gasteiger partial charge in [0.25, 0.3) is 0 Å². The van der Waals surface area contributed by atoms with Crippen molar-refractivity contribution in [3.05, 3.63) is 35.4 Å². The lowest BCUT2D eigenvalue weighted by Crippen LogP contribution is -2.16. The molecule has 0 fully saturated rings. The molecule has 1 rings (SSSR count). The number of hydrogen-bond acceptors (Lipinski definition) is 4. The van der Waals surface area contributed by atoms with Crippen LogP contribution in [0.4, 0.5) is 0 Å². The van der Waals surface area contributed by atoms with Crippen molar-refractivity contribution in [3.63, 3.8) is 0 Å². The third-order valence-corrected chi connectivity index (χ3v) is 2.45. The summed E-state index contributed by atoms with van der Waals surface area (Å²) < 4.78 is 10.9. The van der Waals surface area contributed by atoms with E-state index in [2.05, 4.69) is 5.16 Å². The molecule has 5 nitrogen and oxygen atoms in total. The minimum atomic E-state index is 0.0636. The summed E-state index contributed by atoms with van der Waals surface area (Å²) >= 11 is 0. The summed E-state index contributed by atoms with van der Waals surface area (Å²) in [7, 11) is 0. The lowest BCUT2D eigenvalue weighted by molar-refractivity contribution is -0.0116. The Morgan fingerprint density at radius 1 is 1.39 bits per heavy atom. The zero-order valence-corrected chi connectivity index (χ0v) is 10.8. The molecule has 1 aromatic rings. The van der Waals surface area contributed by atoms with E-state index in [0.29, 0.717) is 25.4 Å². The second kappa shape index (κ2) is 7.68. The molecule has 0 spiro atoms. The van der Waals surface area contributed by atoms with Gasteiger partial charge in [-0.3, -0.25) is 0 Å². The fourth-order valence-corrected chi connectivity index (χ4v) is 1.40. The van der Waals surface area contributed by atoms with Crippen LogP contribution in [0.25, 0.3) is 0 Å². The Hall–Kier alpha value is -1.59. The van der Waals surface area contributed by atoms with Crippen molar-refractivity contribution in [1.82, 2.24) is 0 Å². The molecule has 100 valence electrons. The van der Waals surface area contributed by atoms with Gasteiger partial charge in [0.05, 0.1) is 19.3 Å². The number of nitrogens with zero attached hydrogens (tertiary/aromatic N) is 1. The average molecular weight is 252 g/mol. The number of rotatable bonds is 7. The Balaban J connectivity index is 2.44. The first kappa shape index (κ1) is 14.5. The van der Waals surface area contributed by atoms with Crippen molar-refractivity contribution in [2.75, 3.05) is 13.2 Å². The van der Waals surface area contributed by atoms with Crippen LogP contribution in [0.2, 0.25) is 0 Å². The van der Waals surface area contributed by atoms with Crippen LogP contribution in [-0.4, -0.2) is 30.4 Å². The summed E-state index contributed by atoms with van der Waals surface area (Å²) in [6.45, 7) is 5.74. The normalized spacial score (nSPS) is 13.6. The summed E-state index contributed by atoms with van der Waals surface area (Å²) in [5.41, 5.74) is 7.19. The summed E-state index contributed by atoms with van der Waals surface area (Å²) in [5, 5.41) is 11.5. The van der Waals surface area contributed by atoms with E-state index < -0.39 is 0 Å². The van der Waals surface area contributed by atoms with E-state index in [-0.39, 0.29) is 11.9 Å². The first-order valence-electron chi connectivity index (χ1n) is 5.93. The maximum atomic E-state index is 8.54. The van der Waals surface area contributed by atoms with E-state index in [1.807, 2.05) is 26.0 Å². The number of amidine groups is 1. The van der Waals surface area contributed by atoms with Gasteiger partial charge in [-0.2, -0.15) is 0 Å². The molecule has 0 amide bonds. The molecule has 0 radical (unpaired) electrons. The molecule has 1 atom stereocenters. The molecule has 0 heterocycles. The van der Waals surface area contributed by atoms with Gasteiger partial charge in [-0.15, -0.1) is 0 Å². The van der Waals surface area contributed by atoms with Crippen molar-refractivity contribution in [3.8, 4) is 0 Å². The second-order valence-electron chi connectivity index (χ2n) is 3.96. The van der Waals surface area contributed by atoms with Gasteiger partial charge in [0, 0.05) is 12.2 Å². The molecule has 1 aromatic carbocycles. The molecule has 5 heteroatoms. The van der Waals surface area contributed by atoms with Crippen molar-refractivity contribution < 1.29 is 14.7 Å². The predicted molar refractivity (Wildman–Crippen MR) is 69.7 cm³/mol. The molecule has 0 bridgehead atoms. The van der Waals surface area contributed by atoms with Crippen molar-refractivity contribution in [1.29, 1.82) is 0 Å². The fourth-order valence-electron chi connectivity index (χ4n) is 1.40.